The molecule has 25 heavy (non-hydrogen) atoms. The molecule has 1 aromatic heterocycles. The maximum absolute atomic E-state index is 13.7. The van der Waals surface area contributed by atoms with Crippen molar-refractivity contribution in [1.82, 2.24) is 4.98 Å². The van der Waals surface area contributed by atoms with Gasteiger partial charge in [0.05, 0.1) is 11.2 Å². The van der Waals surface area contributed by atoms with Crippen molar-refractivity contribution in [2.24, 2.45) is 0 Å². The van der Waals surface area contributed by atoms with Crippen LogP contribution in [0.15, 0.2) is 42.5 Å². The molecule has 2 aromatic carbocycles. The molecule has 0 saturated carbocycles. The van der Waals surface area contributed by atoms with Gasteiger partial charge >= 0.3 is 0 Å². The summed E-state index contributed by atoms with van der Waals surface area (Å²) in [6.45, 7) is 1.57. The number of anilines is 2. The van der Waals surface area contributed by atoms with E-state index < -0.39 is 0 Å². The number of likely N-dealkylation sites (N-methyl/N-ethyl adjacent to an activating group) is 1. The predicted octanol–water partition coefficient (Wildman–Crippen LogP) is 3.71. The number of hydrogen-bond acceptors (Lipinski definition) is 5. The van der Waals surface area contributed by atoms with Gasteiger partial charge < -0.3 is 10.2 Å². The van der Waals surface area contributed by atoms with E-state index >= 15 is 0 Å². The third kappa shape index (κ3) is 3.83. The topological polar surface area (TPSA) is 62.3 Å². The van der Waals surface area contributed by atoms with Crippen LogP contribution < -0.4 is 10.2 Å². The van der Waals surface area contributed by atoms with Crippen molar-refractivity contribution in [3.05, 3.63) is 53.8 Å². The molecule has 1 amide bonds. The average molecular weight is 357 g/mol. The Hall–Kier alpha value is -2.80. The van der Waals surface area contributed by atoms with Crippen LogP contribution in [0.4, 0.5) is 15.2 Å². The van der Waals surface area contributed by atoms with Gasteiger partial charge in [-0.15, -0.1) is 0 Å². The lowest BCUT2D eigenvalue weighted by atomic mass is 10.1. The molecular formula is C18H16FN3O2S. The van der Waals surface area contributed by atoms with E-state index in [2.05, 4.69) is 10.3 Å². The van der Waals surface area contributed by atoms with Crippen molar-refractivity contribution < 1.29 is 14.0 Å². The number of thiazole rings is 1. The molecule has 0 unspecified atom stereocenters. The highest BCUT2D eigenvalue weighted by atomic mass is 32.1. The predicted molar refractivity (Wildman–Crippen MR) is 97.9 cm³/mol. The number of nitrogens with zero attached hydrogens (tertiary/aromatic N) is 2. The van der Waals surface area contributed by atoms with E-state index in [1.54, 1.807) is 48.3 Å². The first-order chi connectivity index (χ1) is 11.9. The molecule has 0 radical (unpaired) electrons. The number of aromatic nitrogens is 1. The minimum Gasteiger partial charge on any atom is -0.342 e. The van der Waals surface area contributed by atoms with E-state index in [-0.39, 0.29) is 24.1 Å². The lowest BCUT2D eigenvalue weighted by molar-refractivity contribution is -0.114. The SMILES string of the molecule is CC(=O)c1ccc(NC(=O)CN(C)c2nc3c(F)cccc3s2)cc1. The smallest absolute Gasteiger partial charge is 0.243 e. The number of amides is 1. The van der Waals surface area contributed by atoms with Crippen LogP contribution in [0.1, 0.15) is 17.3 Å². The summed E-state index contributed by atoms with van der Waals surface area (Å²) in [5.74, 6) is -0.623. The van der Waals surface area contributed by atoms with E-state index in [1.807, 2.05) is 0 Å². The number of carbonyl (C=O) groups excluding carboxylic acids is 2. The highest BCUT2D eigenvalue weighted by Gasteiger charge is 2.14. The molecule has 0 atom stereocenters. The molecule has 1 heterocycles. The van der Waals surface area contributed by atoms with Crippen LogP contribution in [-0.4, -0.2) is 30.3 Å². The van der Waals surface area contributed by atoms with E-state index in [0.717, 1.165) is 4.70 Å². The highest BCUT2D eigenvalue weighted by molar-refractivity contribution is 7.22. The van der Waals surface area contributed by atoms with Gasteiger partial charge in [-0.25, -0.2) is 9.37 Å². The maximum Gasteiger partial charge on any atom is 0.243 e. The number of benzene rings is 2. The molecule has 0 spiro atoms. The zero-order valence-corrected chi connectivity index (χ0v) is 14.6. The second-order valence-corrected chi connectivity index (χ2v) is 6.63. The van der Waals surface area contributed by atoms with E-state index in [4.69, 9.17) is 0 Å². The first kappa shape index (κ1) is 17.0. The lowest BCUT2D eigenvalue weighted by Gasteiger charge is -2.15. The van der Waals surface area contributed by atoms with Gasteiger partial charge in [0.25, 0.3) is 0 Å². The number of Topliss-reactive ketones (excluding diaryl/α,β-unsaturated/α-hetero) is 1. The Balaban J connectivity index is 1.67. The fourth-order valence-corrected chi connectivity index (χ4v) is 3.28. The fourth-order valence-electron chi connectivity index (χ4n) is 2.34. The third-order valence-electron chi connectivity index (χ3n) is 3.64. The van der Waals surface area contributed by atoms with Crippen LogP contribution in [0, 0.1) is 5.82 Å². The molecule has 0 aliphatic rings. The minimum atomic E-state index is -0.372. The molecule has 5 nitrogen and oxygen atoms in total. The van der Waals surface area contributed by atoms with Gasteiger partial charge in [0.1, 0.15) is 11.3 Å². The van der Waals surface area contributed by atoms with Crippen LogP contribution in [0.3, 0.4) is 0 Å². The van der Waals surface area contributed by atoms with Gasteiger partial charge in [-0.3, -0.25) is 9.59 Å². The quantitative estimate of drug-likeness (QED) is 0.707. The van der Waals surface area contributed by atoms with Gasteiger partial charge in [0, 0.05) is 18.3 Å². The first-order valence-electron chi connectivity index (χ1n) is 7.61. The largest absolute Gasteiger partial charge is 0.342 e. The summed E-state index contributed by atoms with van der Waals surface area (Å²) >= 11 is 1.33. The Labute approximate surface area is 148 Å². The molecule has 0 aliphatic carbocycles. The van der Waals surface area contributed by atoms with Crippen LogP contribution in [-0.2, 0) is 4.79 Å². The van der Waals surface area contributed by atoms with E-state index in [1.165, 1.54) is 24.3 Å². The number of carbonyl (C=O) groups is 2. The normalized spacial score (nSPS) is 10.7. The van der Waals surface area contributed by atoms with Crippen molar-refractivity contribution in [2.45, 2.75) is 6.92 Å². The number of hydrogen-bond donors (Lipinski definition) is 1. The molecule has 0 fully saturated rings. The second kappa shape index (κ2) is 6.98. The van der Waals surface area contributed by atoms with Gasteiger partial charge in [-0.05, 0) is 43.3 Å². The maximum atomic E-state index is 13.7. The van der Waals surface area contributed by atoms with Crippen LogP contribution in [0.2, 0.25) is 0 Å². The summed E-state index contributed by atoms with van der Waals surface area (Å²) in [6.07, 6.45) is 0. The minimum absolute atomic E-state index is 0.0271. The molecule has 0 saturated heterocycles. The number of para-hydroxylation sites is 1. The number of fused-ring (bicyclic) bond motifs is 1. The monoisotopic (exact) mass is 357 g/mol. The zero-order chi connectivity index (χ0) is 18.0. The fraction of sp³-hybridized carbons (Fsp3) is 0.167. The summed E-state index contributed by atoms with van der Waals surface area (Å²) in [5.41, 5.74) is 1.51. The molecule has 1 N–H and O–H groups in total. The lowest BCUT2D eigenvalue weighted by Crippen LogP contribution is -2.29. The van der Waals surface area contributed by atoms with E-state index in [9.17, 15) is 14.0 Å². The van der Waals surface area contributed by atoms with Gasteiger partial charge in [-0.1, -0.05) is 17.4 Å². The molecule has 3 aromatic rings. The van der Waals surface area contributed by atoms with Gasteiger partial charge in [-0.2, -0.15) is 0 Å². The van der Waals surface area contributed by atoms with Crippen LogP contribution in [0.5, 0.6) is 0 Å². The number of halogens is 1. The molecular weight excluding hydrogens is 341 g/mol. The Bertz CT molecular complexity index is 937. The molecule has 0 bridgehead atoms. The van der Waals surface area contributed by atoms with Crippen molar-refractivity contribution in [2.75, 3.05) is 23.8 Å². The Morgan fingerprint density at radius 3 is 2.56 bits per heavy atom. The summed E-state index contributed by atoms with van der Waals surface area (Å²) in [4.78, 5) is 29.4. The van der Waals surface area contributed by atoms with Crippen molar-refractivity contribution in [3.63, 3.8) is 0 Å². The van der Waals surface area contributed by atoms with Gasteiger partial charge in [0.2, 0.25) is 5.91 Å². The van der Waals surface area contributed by atoms with Crippen molar-refractivity contribution in [3.8, 4) is 0 Å². The summed E-state index contributed by atoms with van der Waals surface area (Å²) < 4.78 is 14.5. The van der Waals surface area contributed by atoms with Crippen molar-refractivity contribution in [1.29, 1.82) is 0 Å². The summed E-state index contributed by atoms with van der Waals surface area (Å²) in [6, 6.07) is 11.5. The number of nitrogens with one attached hydrogen (secondary N) is 1. The molecule has 0 aliphatic heterocycles. The van der Waals surface area contributed by atoms with Gasteiger partial charge in [0.15, 0.2) is 10.9 Å². The first-order valence-corrected chi connectivity index (χ1v) is 8.43. The number of ketones is 1. The molecule has 128 valence electrons. The number of rotatable bonds is 5. The highest BCUT2D eigenvalue weighted by Crippen LogP contribution is 2.29. The van der Waals surface area contributed by atoms with Crippen LogP contribution in [0.25, 0.3) is 10.2 Å². The average Bonchev–Trinajstić information content (AvgIpc) is 3.01. The summed E-state index contributed by atoms with van der Waals surface area (Å²) in [5, 5.41) is 3.34. The zero-order valence-electron chi connectivity index (χ0n) is 13.7. The van der Waals surface area contributed by atoms with Crippen LogP contribution >= 0.6 is 11.3 Å². The standard InChI is InChI=1S/C18H16FN3O2S/c1-11(23)12-6-8-13(9-7-12)20-16(24)10-22(2)18-21-17-14(19)4-3-5-15(17)25-18/h3-9H,10H2,1-2H3,(H,20,24). The Morgan fingerprint density at radius 2 is 1.92 bits per heavy atom. The second-order valence-electron chi connectivity index (χ2n) is 5.62. The molecule has 3 rings (SSSR count). The summed E-state index contributed by atoms with van der Waals surface area (Å²) in [7, 11) is 1.73. The molecule has 7 heteroatoms. The Kier molecular flexibility index (Phi) is 4.76. The Morgan fingerprint density at radius 1 is 1.20 bits per heavy atom. The van der Waals surface area contributed by atoms with Crippen molar-refractivity contribution >= 4 is 44.1 Å². The third-order valence-corrected chi connectivity index (χ3v) is 4.78. The van der Waals surface area contributed by atoms with E-state index in [0.29, 0.717) is 21.9 Å².